The molecule has 2 aromatic carbocycles. The van der Waals surface area contributed by atoms with E-state index < -0.39 is 5.97 Å². The number of benzene rings is 2. The summed E-state index contributed by atoms with van der Waals surface area (Å²) in [5.74, 6) is 0.543. The first kappa shape index (κ1) is 21.6. The number of hydrogen-bond acceptors (Lipinski definition) is 7. The van der Waals surface area contributed by atoms with Crippen molar-refractivity contribution >= 4 is 23.9 Å². The van der Waals surface area contributed by atoms with E-state index in [-0.39, 0.29) is 24.1 Å². The number of ether oxygens (including phenoxy) is 4. The molecule has 2 aliphatic heterocycles. The Morgan fingerprint density at radius 2 is 1.97 bits per heavy atom. The van der Waals surface area contributed by atoms with Gasteiger partial charge in [0.1, 0.15) is 0 Å². The van der Waals surface area contributed by atoms with Crippen molar-refractivity contribution in [2.45, 2.75) is 6.92 Å². The molecular weight excluding hydrogens is 412 g/mol. The standard InChI is InChI=1S/C24H24N2O6/c1-16-4-3-5-18(12-16)23-25-19(24(28)32-23)13-17-6-7-20(21(14-17)29-2)31-15-22(27)26-8-10-30-11-9-26/h3-7,12-14H,8-11,15H2,1-2H3/b19-13-. The maximum atomic E-state index is 12.3. The van der Waals surface area contributed by atoms with Crippen LogP contribution in [-0.2, 0) is 19.1 Å². The molecule has 0 saturated carbocycles. The molecule has 8 nitrogen and oxygen atoms in total. The Balaban J connectivity index is 1.48. The molecular formula is C24H24N2O6. The Hall–Kier alpha value is -3.65. The minimum Gasteiger partial charge on any atom is -0.493 e. The SMILES string of the molecule is COc1cc(/C=C2\N=C(c3cccc(C)c3)OC2=O)ccc1OCC(=O)N1CCOCC1. The first-order valence-electron chi connectivity index (χ1n) is 10.3. The molecule has 8 heteroatoms. The quantitative estimate of drug-likeness (QED) is 0.511. The summed E-state index contributed by atoms with van der Waals surface area (Å²) in [7, 11) is 1.51. The van der Waals surface area contributed by atoms with Crippen molar-refractivity contribution < 1.29 is 28.5 Å². The smallest absolute Gasteiger partial charge is 0.363 e. The molecule has 166 valence electrons. The Morgan fingerprint density at radius 3 is 2.72 bits per heavy atom. The summed E-state index contributed by atoms with van der Waals surface area (Å²) in [5.41, 5.74) is 2.67. The number of nitrogens with zero attached hydrogens (tertiary/aromatic N) is 2. The summed E-state index contributed by atoms with van der Waals surface area (Å²) in [6.45, 7) is 4.07. The fraction of sp³-hybridized carbons (Fsp3) is 0.292. The fourth-order valence-corrected chi connectivity index (χ4v) is 3.41. The normalized spacial score (nSPS) is 17.2. The van der Waals surface area contributed by atoms with Gasteiger partial charge in [-0.15, -0.1) is 0 Å². The van der Waals surface area contributed by atoms with E-state index in [9.17, 15) is 9.59 Å². The summed E-state index contributed by atoms with van der Waals surface area (Å²) in [6, 6.07) is 12.8. The van der Waals surface area contributed by atoms with Gasteiger partial charge >= 0.3 is 5.97 Å². The molecule has 0 aliphatic carbocycles. The van der Waals surface area contributed by atoms with Gasteiger partial charge in [-0.2, -0.15) is 0 Å². The van der Waals surface area contributed by atoms with E-state index in [1.54, 1.807) is 29.2 Å². The third-order valence-corrected chi connectivity index (χ3v) is 5.09. The van der Waals surface area contributed by atoms with Crippen LogP contribution in [-0.4, -0.2) is 62.7 Å². The van der Waals surface area contributed by atoms with Crippen molar-refractivity contribution in [3.63, 3.8) is 0 Å². The molecule has 0 N–H and O–H groups in total. The first-order valence-corrected chi connectivity index (χ1v) is 10.3. The lowest BCUT2D eigenvalue weighted by molar-refractivity contribution is -0.137. The van der Waals surface area contributed by atoms with Crippen molar-refractivity contribution in [2.24, 2.45) is 4.99 Å². The van der Waals surface area contributed by atoms with E-state index in [0.29, 0.717) is 43.4 Å². The third-order valence-electron chi connectivity index (χ3n) is 5.09. The average Bonchev–Trinajstić information content (AvgIpc) is 3.18. The highest BCUT2D eigenvalue weighted by Crippen LogP contribution is 2.30. The van der Waals surface area contributed by atoms with Crippen LogP contribution in [0.3, 0.4) is 0 Å². The highest BCUT2D eigenvalue weighted by atomic mass is 16.6. The summed E-state index contributed by atoms with van der Waals surface area (Å²) in [4.78, 5) is 30.6. The largest absolute Gasteiger partial charge is 0.493 e. The molecule has 0 bridgehead atoms. The molecule has 2 aromatic rings. The van der Waals surface area contributed by atoms with Crippen LogP contribution in [0, 0.1) is 6.92 Å². The monoisotopic (exact) mass is 436 g/mol. The molecule has 0 unspecified atom stereocenters. The van der Waals surface area contributed by atoms with Gasteiger partial charge in [0.05, 0.1) is 20.3 Å². The highest BCUT2D eigenvalue weighted by molar-refractivity contribution is 6.12. The van der Waals surface area contributed by atoms with Crippen LogP contribution in [0.2, 0.25) is 0 Å². The zero-order valence-corrected chi connectivity index (χ0v) is 18.0. The third kappa shape index (κ3) is 4.97. The number of methoxy groups -OCH3 is 1. The Bertz CT molecular complexity index is 1090. The average molecular weight is 436 g/mol. The van der Waals surface area contributed by atoms with E-state index in [0.717, 1.165) is 11.1 Å². The number of hydrogen-bond donors (Lipinski definition) is 0. The van der Waals surface area contributed by atoms with Gasteiger partial charge in [-0.05, 0) is 42.8 Å². The van der Waals surface area contributed by atoms with Gasteiger partial charge in [0, 0.05) is 18.7 Å². The maximum absolute atomic E-state index is 12.3. The fourth-order valence-electron chi connectivity index (χ4n) is 3.41. The molecule has 0 aromatic heterocycles. The molecule has 32 heavy (non-hydrogen) atoms. The van der Waals surface area contributed by atoms with Crippen LogP contribution in [0.25, 0.3) is 6.08 Å². The maximum Gasteiger partial charge on any atom is 0.363 e. The number of aryl methyl sites for hydroxylation is 1. The highest BCUT2D eigenvalue weighted by Gasteiger charge is 2.24. The Kier molecular flexibility index (Phi) is 6.51. The van der Waals surface area contributed by atoms with Crippen LogP contribution >= 0.6 is 0 Å². The van der Waals surface area contributed by atoms with Gasteiger partial charge in [-0.1, -0.05) is 23.8 Å². The molecule has 1 fully saturated rings. The summed E-state index contributed by atoms with van der Waals surface area (Å²) < 4.78 is 21.7. The summed E-state index contributed by atoms with van der Waals surface area (Å²) >= 11 is 0. The molecule has 0 atom stereocenters. The second-order valence-corrected chi connectivity index (χ2v) is 7.40. The second-order valence-electron chi connectivity index (χ2n) is 7.40. The number of amides is 1. The van der Waals surface area contributed by atoms with E-state index in [1.807, 2.05) is 31.2 Å². The van der Waals surface area contributed by atoms with Gasteiger partial charge in [0.25, 0.3) is 5.91 Å². The zero-order valence-electron chi connectivity index (χ0n) is 18.0. The Labute approximate surface area is 186 Å². The van der Waals surface area contributed by atoms with Crippen molar-refractivity contribution in [1.82, 2.24) is 4.90 Å². The molecule has 0 radical (unpaired) electrons. The van der Waals surface area contributed by atoms with E-state index >= 15 is 0 Å². The van der Waals surface area contributed by atoms with Crippen LogP contribution in [0.15, 0.2) is 53.2 Å². The second kappa shape index (κ2) is 9.65. The van der Waals surface area contributed by atoms with E-state index in [4.69, 9.17) is 18.9 Å². The topological polar surface area (TPSA) is 86.7 Å². The molecule has 4 rings (SSSR count). The molecule has 1 saturated heterocycles. The Morgan fingerprint density at radius 1 is 1.16 bits per heavy atom. The summed E-state index contributed by atoms with van der Waals surface area (Å²) in [6.07, 6.45) is 1.62. The first-order chi connectivity index (χ1) is 15.5. The lowest BCUT2D eigenvalue weighted by Gasteiger charge is -2.26. The van der Waals surface area contributed by atoms with E-state index in [2.05, 4.69) is 4.99 Å². The van der Waals surface area contributed by atoms with Crippen molar-refractivity contribution in [3.8, 4) is 11.5 Å². The zero-order chi connectivity index (χ0) is 22.5. The van der Waals surface area contributed by atoms with Crippen molar-refractivity contribution in [1.29, 1.82) is 0 Å². The van der Waals surface area contributed by atoms with E-state index in [1.165, 1.54) is 7.11 Å². The molecule has 0 spiro atoms. The number of cyclic esters (lactones) is 1. The van der Waals surface area contributed by atoms with Gasteiger partial charge in [-0.3, -0.25) is 4.79 Å². The number of carbonyl (C=O) groups is 2. The predicted molar refractivity (Wildman–Crippen MR) is 118 cm³/mol. The number of carbonyl (C=O) groups excluding carboxylic acids is 2. The van der Waals surface area contributed by atoms with Crippen LogP contribution in [0.4, 0.5) is 0 Å². The predicted octanol–water partition coefficient (Wildman–Crippen LogP) is 2.59. The van der Waals surface area contributed by atoms with Gasteiger partial charge in [0.2, 0.25) is 5.90 Å². The number of esters is 1. The van der Waals surface area contributed by atoms with Crippen LogP contribution in [0.5, 0.6) is 11.5 Å². The molecule has 2 aliphatic rings. The summed E-state index contributed by atoms with van der Waals surface area (Å²) in [5, 5.41) is 0. The van der Waals surface area contributed by atoms with Gasteiger partial charge in [-0.25, -0.2) is 9.79 Å². The molecule has 2 heterocycles. The molecule has 1 amide bonds. The number of morpholine rings is 1. The number of aliphatic imine (C=N–C) groups is 1. The minimum absolute atomic E-state index is 0.0900. The van der Waals surface area contributed by atoms with Crippen molar-refractivity contribution in [3.05, 3.63) is 64.9 Å². The van der Waals surface area contributed by atoms with Crippen LogP contribution in [0.1, 0.15) is 16.7 Å². The van der Waals surface area contributed by atoms with Gasteiger partial charge < -0.3 is 23.8 Å². The lowest BCUT2D eigenvalue weighted by atomic mass is 10.1. The minimum atomic E-state index is -0.517. The van der Waals surface area contributed by atoms with Crippen molar-refractivity contribution in [2.75, 3.05) is 40.0 Å². The number of rotatable bonds is 6. The van der Waals surface area contributed by atoms with Crippen LogP contribution < -0.4 is 9.47 Å². The van der Waals surface area contributed by atoms with Gasteiger partial charge in [0.15, 0.2) is 23.8 Å². The lowest BCUT2D eigenvalue weighted by Crippen LogP contribution is -2.43.